The van der Waals surface area contributed by atoms with Crippen LogP contribution in [0.2, 0.25) is 0 Å². The molecular formula is C78H76N2. The molecule has 0 fully saturated rings. The Morgan fingerprint density at radius 2 is 0.512 bits per heavy atom. The minimum Gasteiger partial charge on any atom is -0.309 e. The quantitative estimate of drug-likeness (QED) is 0.0541. The van der Waals surface area contributed by atoms with Crippen LogP contribution >= 0.6 is 0 Å². The average molecular weight is 1040 g/mol. The molecule has 0 aliphatic carbocycles. The normalized spacial score (nSPS) is 12.1. The summed E-state index contributed by atoms with van der Waals surface area (Å²) in [6, 6.07) is 96.0. The van der Waals surface area contributed by atoms with Crippen molar-refractivity contribution in [1.29, 1.82) is 0 Å². The van der Waals surface area contributed by atoms with Gasteiger partial charge in [-0.3, -0.25) is 0 Å². The molecule has 80 heavy (non-hydrogen) atoms. The Labute approximate surface area is 477 Å². The SMILES string of the molecule is CC(C)c1cccc(N(c2ccc(C(C)(c3ccccc3)c3ccccc3)cc2)c2c3ccc(C(C)C)cc3c(N(c3ccc(C(C)(c4ccccc4)c4ccccc4)cc3)c3cccc(C(C)C)c3)c3ccc(C(C)C)cc23)c1. The van der Waals surface area contributed by atoms with Gasteiger partial charge < -0.3 is 9.80 Å². The van der Waals surface area contributed by atoms with Gasteiger partial charge in [-0.15, -0.1) is 0 Å². The Morgan fingerprint density at radius 3 is 0.800 bits per heavy atom. The van der Waals surface area contributed by atoms with Gasteiger partial charge in [0.15, 0.2) is 0 Å². The van der Waals surface area contributed by atoms with E-state index in [0.717, 1.165) is 22.7 Å². The number of rotatable bonds is 16. The van der Waals surface area contributed by atoms with Gasteiger partial charge in [0.1, 0.15) is 0 Å². The highest BCUT2D eigenvalue weighted by atomic mass is 15.2. The number of nitrogens with zero attached hydrogens (tertiary/aromatic N) is 2. The first-order valence-corrected chi connectivity index (χ1v) is 29.0. The smallest absolute Gasteiger partial charge is 0.0620 e. The highest BCUT2D eigenvalue weighted by Crippen LogP contribution is 2.53. The number of hydrogen-bond donors (Lipinski definition) is 0. The average Bonchev–Trinajstić information content (AvgIpc) is 3.56. The first-order chi connectivity index (χ1) is 38.7. The lowest BCUT2D eigenvalue weighted by Crippen LogP contribution is -2.25. The van der Waals surface area contributed by atoms with Gasteiger partial charge in [0.05, 0.1) is 11.4 Å². The molecule has 0 atom stereocenters. The number of anilines is 6. The van der Waals surface area contributed by atoms with Crippen molar-refractivity contribution in [3.8, 4) is 0 Å². The fourth-order valence-electron chi connectivity index (χ4n) is 12.3. The third-order valence-corrected chi connectivity index (χ3v) is 17.3. The van der Waals surface area contributed by atoms with E-state index in [1.807, 2.05) is 0 Å². The highest BCUT2D eigenvalue weighted by Gasteiger charge is 2.34. The summed E-state index contributed by atoms with van der Waals surface area (Å²) in [6.45, 7) is 23.2. The van der Waals surface area contributed by atoms with Crippen LogP contribution in [0.1, 0.15) is 149 Å². The van der Waals surface area contributed by atoms with Crippen LogP contribution in [0.15, 0.2) is 255 Å². The van der Waals surface area contributed by atoms with Crippen molar-refractivity contribution in [2.75, 3.05) is 9.80 Å². The topological polar surface area (TPSA) is 6.48 Å². The molecule has 0 heterocycles. The van der Waals surface area contributed by atoms with Gasteiger partial charge in [0.25, 0.3) is 0 Å². The molecule has 0 saturated carbocycles. The van der Waals surface area contributed by atoms with Crippen molar-refractivity contribution in [2.24, 2.45) is 0 Å². The summed E-state index contributed by atoms with van der Waals surface area (Å²) >= 11 is 0. The summed E-state index contributed by atoms with van der Waals surface area (Å²) in [5.41, 5.74) is 18.8. The fraction of sp³-hybridized carbons (Fsp3) is 0.205. The van der Waals surface area contributed by atoms with Crippen LogP contribution in [0, 0.1) is 0 Å². The van der Waals surface area contributed by atoms with Crippen molar-refractivity contribution in [3.05, 3.63) is 310 Å². The summed E-state index contributed by atoms with van der Waals surface area (Å²) in [7, 11) is 0. The maximum atomic E-state index is 2.57. The molecule has 11 rings (SSSR count). The first kappa shape index (κ1) is 53.5. The molecule has 0 spiro atoms. The zero-order valence-electron chi connectivity index (χ0n) is 48.5. The summed E-state index contributed by atoms with van der Waals surface area (Å²) < 4.78 is 0. The molecule has 11 aromatic carbocycles. The Kier molecular flexibility index (Phi) is 15.0. The molecule has 0 N–H and O–H groups in total. The van der Waals surface area contributed by atoms with E-state index in [1.165, 1.54) is 88.6 Å². The van der Waals surface area contributed by atoms with Crippen LogP contribution in [0.5, 0.6) is 0 Å². The van der Waals surface area contributed by atoms with Gasteiger partial charge in [-0.2, -0.15) is 0 Å². The Bertz CT molecular complexity index is 3560. The summed E-state index contributed by atoms with van der Waals surface area (Å²) in [5, 5.41) is 4.79. The van der Waals surface area contributed by atoms with E-state index in [9.17, 15) is 0 Å². The molecule has 0 aromatic heterocycles. The zero-order valence-corrected chi connectivity index (χ0v) is 48.5. The van der Waals surface area contributed by atoms with Gasteiger partial charge in [0.2, 0.25) is 0 Å². The number of hydrogen-bond acceptors (Lipinski definition) is 2. The van der Waals surface area contributed by atoms with Crippen LogP contribution in [0.3, 0.4) is 0 Å². The Hall–Kier alpha value is -8.46. The predicted molar refractivity (Wildman–Crippen MR) is 344 cm³/mol. The van der Waals surface area contributed by atoms with Crippen LogP contribution in [0.25, 0.3) is 21.5 Å². The van der Waals surface area contributed by atoms with Crippen molar-refractivity contribution < 1.29 is 0 Å². The lowest BCUT2D eigenvalue weighted by Gasteiger charge is -2.35. The molecule has 0 saturated heterocycles. The number of fused-ring (bicyclic) bond motifs is 2. The largest absolute Gasteiger partial charge is 0.309 e. The van der Waals surface area contributed by atoms with Crippen molar-refractivity contribution in [2.45, 2.75) is 104 Å². The monoisotopic (exact) mass is 1040 g/mol. The lowest BCUT2D eigenvalue weighted by atomic mass is 9.71. The second kappa shape index (κ2) is 22.4. The minimum atomic E-state index is -0.389. The third-order valence-electron chi connectivity index (χ3n) is 17.3. The van der Waals surface area contributed by atoms with Crippen molar-refractivity contribution >= 4 is 55.7 Å². The summed E-state index contributed by atoms with van der Waals surface area (Å²) in [6.07, 6.45) is 0. The molecule has 0 aliphatic heterocycles. The molecule has 2 nitrogen and oxygen atoms in total. The highest BCUT2D eigenvalue weighted by molar-refractivity contribution is 6.23. The summed E-state index contributed by atoms with van der Waals surface area (Å²) in [4.78, 5) is 5.14. The van der Waals surface area contributed by atoms with E-state index >= 15 is 0 Å². The fourth-order valence-corrected chi connectivity index (χ4v) is 12.3. The van der Waals surface area contributed by atoms with E-state index in [4.69, 9.17) is 0 Å². The molecule has 0 amide bonds. The second-order valence-corrected chi connectivity index (χ2v) is 23.6. The maximum Gasteiger partial charge on any atom is 0.0620 e. The molecule has 0 bridgehead atoms. The Balaban J connectivity index is 1.21. The van der Waals surface area contributed by atoms with Gasteiger partial charge in [-0.25, -0.2) is 0 Å². The third kappa shape index (κ3) is 9.91. The van der Waals surface area contributed by atoms with Gasteiger partial charge in [-0.05, 0) is 154 Å². The molecule has 0 radical (unpaired) electrons. The molecular weight excluding hydrogens is 965 g/mol. The van der Waals surface area contributed by atoms with Crippen LogP contribution < -0.4 is 9.80 Å². The molecule has 2 heteroatoms. The van der Waals surface area contributed by atoms with Gasteiger partial charge >= 0.3 is 0 Å². The predicted octanol–water partition coefficient (Wildman–Crippen LogP) is 22.1. The van der Waals surface area contributed by atoms with E-state index in [2.05, 4.69) is 334 Å². The molecule has 0 aliphatic rings. The van der Waals surface area contributed by atoms with E-state index in [-0.39, 0.29) is 10.8 Å². The Morgan fingerprint density at radius 1 is 0.237 bits per heavy atom. The zero-order chi connectivity index (χ0) is 55.7. The van der Waals surface area contributed by atoms with E-state index in [1.54, 1.807) is 0 Å². The summed E-state index contributed by atoms with van der Waals surface area (Å²) in [5.74, 6) is 1.28. The van der Waals surface area contributed by atoms with Gasteiger partial charge in [-0.1, -0.05) is 250 Å². The molecule has 11 aromatic rings. The maximum absolute atomic E-state index is 2.57. The van der Waals surface area contributed by atoms with Crippen molar-refractivity contribution in [1.82, 2.24) is 0 Å². The van der Waals surface area contributed by atoms with E-state index < -0.39 is 0 Å². The van der Waals surface area contributed by atoms with E-state index in [0.29, 0.717) is 23.7 Å². The van der Waals surface area contributed by atoms with Crippen LogP contribution in [-0.2, 0) is 10.8 Å². The standard InChI is InChI=1S/C78H76N2/c1-53(2)57-25-23-35-69(49-57)79(67-43-39-65(40-44-67)77(9,61-27-15-11-16-28-61)62-29-17-12-18-30-62)75-71-47-37-60(56(7)8)52-74(71)76(72-48-38-59(55(5)6)51-73(72)75)80(70-36-24-26-58(50-70)54(3)4)68-45-41-66(42-46-68)78(10,63-31-19-13-20-32-63)64-33-21-14-22-34-64/h11-56H,1-10H3. The molecule has 398 valence electrons. The van der Waals surface area contributed by atoms with Crippen molar-refractivity contribution in [3.63, 3.8) is 0 Å². The van der Waals surface area contributed by atoms with Gasteiger partial charge in [0, 0.05) is 55.1 Å². The number of benzene rings is 11. The minimum absolute atomic E-state index is 0.301. The van der Waals surface area contributed by atoms with Crippen LogP contribution in [-0.4, -0.2) is 0 Å². The first-order valence-electron chi connectivity index (χ1n) is 29.0. The lowest BCUT2D eigenvalue weighted by molar-refractivity contribution is 0.692. The molecule has 0 unspecified atom stereocenters. The second-order valence-electron chi connectivity index (χ2n) is 23.6. The van der Waals surface area contributed by atoms with Crippen LogP contribution in [0.4, 0.5) is 34.1 Å².